The maximum absolute atomic E-state index is 12.6. The van der Waals surface area contributed by atoms with E-state index in [1.165, 1.54) is 4.90 Å². The lowest BCUT2D eigenvalue weighted by atomic mass is 9.96. The van der Waals surface area contributed by atoms with Crippen molar-refractivity contribution in [3.8, 4) is 0 Å². The second kappa shape index (κ2) is 8.44. The number of hydrogen-bond donors (Lipinski definition) is 0. The van der Waals surface area contributed by atoms with Gasteiger partial charge in [-0.3, -0.25) is 9.59 Å². The number of aromatic nitrogens is 2. The molecule has 0 spiro atoms. The number of esters is 1. The summed E-state index contributed by atoms with van der Waals surface area (Å²) in [5, 5.41) is 3.76. The molecule has 11 heteroatoms. The molecule has 0 unspecified atom stereocenters. The van der Waals surface area contributed by atoms with Gasteiger partial charge in [0.2, 0.25) is 0 Å². The monoisotopic (exact) mass is 433 g/mol. The van der Waals surface area contributed by atoms with Crippen molar-refractivity contribution in [1.29, 1.82) is 0 Å². The van der Waals surface area contributed by atoms with E-state index < -0.39 is 17.7 Å². The van der Waals surface area contributed by atoms with Crippen LogP contribution in [0.1, 0.15) is 34.5 Å². The Bertz CT molecular complexity index is 849. The number of likely N-dealkylation sites (tertiary alicyclic amines) is 1. The minimum absolute atomic E-state index is 0.0567. The number of piperidine rings is 1. The van der Waals surface area contributed by atoms with Gasteiger partial charge in [0, 0.05) is 30.2 Å². The molecule has 1 aromatic heterocycles. The molecule has 2 aromatic rings. The zero-order valence-electron chi connectivity index (χ0n) is 14.4. The Labute approximate surface area is 167 Å². The van der Waals surface area contributed by atoms with Crippen molar-refractivity contribution in [2.75, 3.05) is 13.1 Å². The topological polar surface area (TPSA) is 72.4 Å². The van der Waals surface area contributed by atoms with E-state index in [0.717, 1.165) is 35.8 Å². The number of carbonyl (C=O) groups is 2. The fourth-order valence-corrected chi connectivity index (χ4v) is 3.44. The quantitative estimate of drug-likeness (QED) is 0.686. The minimum atomic E-state index is -4.45. The van der Waals surface area contributed by atoms with Crippen molar-refractivity contribution in [3.05, 3.63) is 45.4 Å². The van der Waals surface area contributed by atoms with E-state index >= 15 is 0 Å². The normalized spacial score (nSPS) is 15.5. The highest BCUT2D eigenvalue weighted by atomic mass is 35.5. The van der Waals surface area contributed by atoms with Gasteiger partial charge in [0.05, 0.1) is 11.5 Å². The zero-order chi connectivity index (χ0) is 20.3. The lowest BCUT2D eigenvalue weighted by Gasteiger charge is -2.31. The fraction of sp³-hybridized carbons (Fsp3) is 0.412. The van der Waals surface area contributed by atoms with Gasteiger partial charge in [0.15, 0.2) is 0 Å². The number of amides is 1. The van der Waals surface area contributed by atoms with Crippen molar-refractivity contribution in [2.24, 2.45) is 5.92 Å². The van der Waals surface area contributed by atoms with Gasteiger partial charge in [0.25, 0.3) is 5.91 Å². The van der Waals surface area contributed by atoms with Crippen LogP contribution in [0.3, 0.4) is 0 Å². The molecule has 1 amide bonds. The Balaban J connectivity index is 1.51. The number of alkyl halides is 3. The number of benzene rings is 1. The molecule has 0 bridgehead atoms. The van der Waals surface area contributed by atoms with Crippen LogP contribution in [0.4, 0.5) is 13.2 Å². The standard InChI is InChI=1S/C17H15ClF3N3O3S/c18-14-13(22-23-28-14)9-27-16(26)11-5-7-24(8-6-11)15(25)10-1-3-12(4-2-10)17(19,20)21/h1-4,11H,5-9H2. The largest absolute Gasteiger partial charge is 0.459 e. The minimum Gasteiger partial charge on any atom is -0.459 e. The predicted octanol–water partition coefficient (Wildman–Crippen LogP) is 3.81. The summed E-state index contributed by atoms with van der Waals surface area (Å²) in [4.78, 5) is 26.1. The SMILES string of the molecule is O=C(OCc1nnsc1Cl)C1CCN(C(=O)c2ccc(C(F)(F)F)cc2)CC1. The summed E-state index contributed by atoms with van der Waals surface area (Å²) >= 11 is 6.85. The van der Waals surface area contributed by atoms with Crippen LogP contribution >= 0.6 is 23.1 Å². The first-order valence-corrected chi connectivity index (χ1v) is 9.50. The van der Waals surface area contributed by atoms with Crippen molar-refractivity contribution in [3.63, 3.8) is 0 Å². The summed E-state index contributed by atoms with van der Waals surface area (Å²) in [6.07, 6.45) is -3.62. The molecule has 1 aliphatic heterocycles. The molecule has 1 aromatic carbocycles. The van der Waals surface area contributed by atoms with E-state index in [2.05, 4.69) is 9.59 Å². The third kappa shape index (κ3) is 4.79. The number of rotatable bonds is 4. The van der Waals surface area contributed by atoms with E-state index in [1.54, 1.807) is 0 Å². The fourth-order valence-electron chi connectivity index (χ4n) is 2.84. The van der Waals surface area contributed by atoms with Gasteiger partial charge in [-0.1, -0.05) is 16.1 Å². The first-order valence-electron chi connectivity index (χ1n) is 8.35. The maximum Gasteiger partial charge on any atom is 0.416 e. The molecule has 0 saturated carbocycles. The van der Waals surface area contributed by atoms with Crippen LogP contribution in [0, 0.1) is 5.92 Å². The van der Waals surface area contributed by atoms with Crippen LogP contribution in [0.5, 0.6) is 0 Å². The highest BCUT2D eigenvalue weighted by Crippen LogP contribution is 2.29. The van der Waals surface area contributed by atoms with Gasteiger partial charge < -0.3 is 9.64 Å². The first-order chi connectivity index (χ1) is 13.3. The molecule has 6 nitrogen and oxygen atoms in total. The molecule has 0 radical (unpaired) electrons. The summed E-state index contributed by atoms with van der Waals surface area (Å²) in [6, 6.07) is 4.10. The smallest absolute Gasteiger partial charge is 0.416 e. The molecule has 150 valence electrons. The number of ether oxygens (including phenoxy) is 1. The number of hydrogen-bond acceptors (Lipinski definition) is 6. The van der Waals surface area contributed by atoms with Gasteiger partial charge >= 0.3 is 12.1 Å². The van der Waals surface area contributed by atoms with E-state index in [0.29, 0.717) is 36.0 Å². The first kappa shape index (κ1) is 20.5. The molecule has 0 atom stereocenters. The average Bonchev–Trinajstić information content (AvgIpc) is 3.10. The Morgan fingerprint density at radius 1 is 1.21 bits per heavy atom. The lowest BCUT2D eigenvalue weighted by Crippen LogP contribution is -2.40. The predicted molar refractivity (Wildman–Crippen MR) is 94.8 cm³/mol. The van der Waals surface area contributed by atoms with Crippen molar-refractivity contribution in [2.45, 2.75) is 25.6 Å². The molecule has 2 heterocycles. The number of nitrogens with zero attached hydrogens (tertiary/aromatic N) is 3. The maximum atomic E-state index is 12.6. The summed E-state index contributed by atoms with van der Waals surface area (Å²) in [7, 11) is 0. The van der Waals surface area contributed by atoms with Crippen LogP contribution in [-0.2, 0) is 22.3 Å². The number of halogens is 4. The molecule has 1 fully saturated rings. The highest BCUT2D eigenvalue weighted by Gasteiger charge is 2.32. The lowest BCUT2D eigenvalue weighted by molar-refractivity contribution is -0.151. The third-order valence-corrected chi connectivity index (χ3v) is 5.42. The molecule has 3 rings (SSSR count). The van der Waals surface area contributed by atoms with E-state index in [1.807, 2.05) is 0 Å². The van der Waals surface area contributed by atoms with Crippen molar-refractivity contribution >= 4 is 35.0 Å². The molecular formula is C17H15ClF3N3O3S. The van der Waals surface area contributed by atoms with E-state index in [9.17, 15) is 22.8 Å². The van der Waals surface area contributed by atoms with E-state index in [-0.39, 0.29) is 24.0 Å². The van der Waals surface area contributed by atoms with Crippen LogP contribution in [-0.4, -0.2) is 39.5 Å². The summed E-state index contributed by atoms with van der Waals surface area (Å²) in [6.45, 7) is 0.579. The summed E-state index contributed by atoms with van der Waals surface area (Å²) < 4.78 is 47.1. The Morgan fingerprint density at radius 2 is 1.86 bits per heavy atom. The Hall–Kier alpha value is -2.20. The molecule has 0 N–H and O–H groups in total. The number of carbonyl (C=O) groups excluding carboxylic acids is 2. The second-order valence-electron chi connectivity index (χ2n) is 6.24. The molecular weight excluding hydrogens is 419 g/mol. The van der Waals surface area contributed by atoms with Crippen molar-refractivity contribution in [1.82, 2.24) is 14.5 Å². The van der Waals surface area contributed by atoms with Gasteiger partial charge in [-0.15, -0.1) is 5.10 Å². The Morgan fingerprint density at radius 3 is 2.39 bits per heavy atom. The van der Waals surface area contributed by atoms with Gasteiger partial charge in [0.1, 0.15) is 16.6 Å². The van der Waals surface area contributed by atoms with Crippen LogP contribution in [0.2, 0.25) is 4.34 Å². The molecule has 0 aliphatic carbocycles. The van der Waals surface area contributed by atoms with Crippen LogP contribution in [0.15, 0.2) is 24.3 Å². The average molecular weight is 434 g/mol. The van der Waals surface area contributed by atoms with Gasteiger partial charge in [-0.25, -0.2) is 0 Å². The Kier molecular flexibility index (Phi) is 6.19. The summed E-state index contributed by atoms with van der Waals surface area (Å²) in [5.41, 5.74) is -0.226. The van der Waals surface area contributed by atoms with Crippen molar-refractivity contribution < 1.29 is 27.5 Å². The second-order valence-corrected chi connectivity index (χ2v) is 7.60. The highest BCUT2D eigenvalue weighted by molar-refractivity contribution is 7.10. The van der Waals surface area contributed by atoms with Gasteiger partial charge in [-0.2, -0.15) is 13.2 Å². The zero-order valence-corrected chi connectivity index (χ0v) is 16.0. The molecule has 1 saturated heterocycles. The molecule has 1 aliphatic rings. The van der Waals surface area contributed by atoms with Crippen LogP contribution in [0.25, 0.3) is 0 Å². The van der Waals surface area contributed by atoms with Gasteiger partial charge in [-0.05, 0) is 37.1 Å². The molecule has 28 heavy (non-hydrogen) atoms. The summed E-state index contributed by atoms with van der Waals surface area (Å²) in [5.74, 6) is -1.12. The van der Waals surface area contributed by atoms with Crippen LogP contribution < -0.4 is 0 Å². The third-order valence-electron chi connectivity index (χ3n) is 4.44. The van der Waals surface area contributed by atoms with E-state index in [4.69, 9.17) is 16.3 Å².